The maximum absolute atomic E-state index is 12.9. The van der Waals surface area contributed by atoms with Crippen LogP contribution >= 0.6 is 0 Å². The molecule has 1 fully saturated rings. The van der Waals surface area contributed by atoms with Crippen LogP contribution in [0.4, 0.5) is 13.2 Å². The molecule has 1 aliphatic heterocycles. The minimum absolute atomic E-state index is 0.0850. The van der Waals surface area contributed by atoms with E-state index in [0.717, 1.165) is 34.9 Å². The second kappa shape index (κ2) is 11.1. The molecule has 0 atom stereocenters. The number of benzene rings is 2. The number of rotatable bonds is 8. The van der Waals surface area contributed by atoms with Crippen molar-refractivity contribution >= 4 is 15.9 Å². The highest BCUT2D eigenvalue weighted by atomic mass is 32.2. The lowest BCUT2D eigenvalue weighted by atomic mass is 10.1. The summed E-state index contributed by atoms with van der Waals surface area (Å²) in [4.78, 5) is 12.3. The van der Waals surface area contributed by atoms with Gasteiger partial charge in [0.05, 0.1) is 30.6 Å². The zero-order valence-electron chi connectivity index (χ0n) is 19.6. The van der Waals surface area contributed by atoms with Crippen LogP contribution in [0.25, 0.3) is 0 Å². The smallest absolute Gasteiger partial charge is 0.373 e. The minimum atomic E-state index is -4.64. The molecule has 35 heavy (non-hydrogen) atoms. The third kappa shape index (κ3) is 7.26. The predicted octanol–water partition coefficient (Wildman–Crippen LogP) is 4.16. The van der Waals surface area contributed by atoms with E-state index in [4.69, 9.17) is 4.74 Å². The number of nitrogens with zero attached hydrogens (tertiary/aromatic N) is 2. The number of carbonyl (C=O) groups excluding carboxylic acids is 1. The van der Waals surface area contributed by atoms with Gasteiger partial charge in [0.25, 0.3) is 5.91 Å². The lowest BCUT2D eigenvalue weighted by molar-refractivity contribution is -0.137. The average Bonchev–Trinajstić information content (AvgIpc) is 2.82. The molecule has 7 nitrogen and oxygen atoms in total. The van der Waals surface area contributed by atoms with Gasteiger partial charge in [-0.2, -0.15) is 13.2 Å². The molecule has 0 radical (unpaired) electrons. The summed E-state index contributed by atoms with van der Waals surface area (Å²) in [6.45, 7) is 4.38. The number of ether oxygens (including phenoxy) is 1. The number of sulfonamides is 1. The fourth-order valence-corrected chi connectivity index (χ4v) is 5.28. The van der Waals surface area contributed by atoms with E-state index in [2.05, 4.69) is 6.07 Å². The molecule has 0 aromatic heterocycles. The maximum atomic E-state index is 12.9. The zero-order valence-corrected chi connectivity index (χ0v) is 20.4. The van der Waals surface area contributed by atoms with E-state index in [1.54, 1.807) is 0 Å². The third-order valence-corrected chi connectivity index (χ3v) is 7.86. The van der Waals surface area contributed by atoms with Crippen molar-refractivity contribution in [1.29, 1.82) is 0 Å². The number of halogens is 3. The van der Waals surface area contributed by atoms with E-state index in [-0.39, 0.29) is 29.8 Å². The van der Waals surface area contributed by atoms with Crippen LogP contribution in [0, 0.1) is 13.8 Å². The van der Waals surface area contributed by atoms with Crippen LogP contribution in [-0.2, 0) is 27.5 Å². The summed E-state index contributed by atoms with van der Waals surface area (Å²) < 4.78 is 71.2. The van der Waals surface area contributed by atoms with E-state index in [1.165, 1.54) is 4.31 Å². The standard InChI is InChI=1S/C24H29F3N2O5S/c1-17-6-7-18(2)20(14-17)16-34-22-8-10-28(11-9-22)35(32,33)13-12-29(31)23(30)19-4-3-5-21(15-19)24(25,26)27/h3-7,14-15,22,31H,8-13,16H2,1-2H3. The number of alkyl halides is 3. The van der Waals surface area contributed by atoms with Crippen molar-refractivity contribution in [3.05, 3.63) is 70.3 Å². The molecular formula is C24H29F3N2O5S. The summed E-state index contributed by atoms with van der Waals surface area (Å²) in [6.07, 6.45) is -3.71. The van der Waals surface area contributed by atoms with Crippen molar-refractivity contribution in [2.45, 2.75) is 45.6 Å². The molecule has 2 aromatic carbocycles. The Bertz CT molecular complexity index is 1150. The maximum Gasteiger partial charge on any atom is 0.416 e. The van der Waals surface area contributed by atoms with Crippen LogP contribution < -0.4 is 0 Å². The van der Waals surface area contributed by atoms with Crippen molar-refractivity contribution in [2.24, 2.45) is 0 Å². The molecule has 0 saturated carbocycles. The van der Waals surface area contributed by atoms with E-state index < -0.39 is 40.0 Å². The van der Waals surface area contributed by atoms with Crippen molar-refractivity contribution in [2.75, 3.05) is 25.4 Å². The molecule has 1 aliphatic rings. The van der Waals surface area contributed by atoms with Crippen LogP contribution in [-0.4, -0.2) is 60.4 Å². The molecule has 1 N–H and O–H groups in total. The Morgan fingerprint density at radius 3 is 2.49 bits per heavy atom. The Morgan fingerprint density at radius 1 is 1.14 bits per heavy atom. The number of piperidine rings is 1. The van der Waals surface area contributed by atoms with Gasteiger partial charge in [-0.1, -0.05) is 29.8 Å². The molecule has 1 saturated heterocycles. The number of hydrogen-bond acceptors (Lipinski definition) is 5. The third-order valence-electron chi connectivity index (χ3n) is 6.01. The molecule has 0 unspecified atom stereocenters. The van der Waals surface area contributed by atoms with Gasteiger partial charge in [0.1, 0.15) is 0 Å². The lowest BCUT2D eigenvalue weighted by Crippen LogP contribution is -2.44. The van der Waals surface area contributed by atoms with E-state index in [0.29, 0.717) is 25.5 Å². The van der Waals surface area contributed by atoms with Crippen LogP contribution in [0.1, 0.15) is 45.5 Å². The molecule has 192 valence electrons. The monoisotopic (exact) mass is 514 g/mol. The molecule has 1 amide bonds. The number of hydroxylamine groups is 2. The lowest BCUT2D eigenvalue weighted by Gasteiger charge is -2.31. The predicted molar refractivity (Wildman–Crippen MR) is 123 cm³/mol. The number of carbonyl (C=O) groups is 1. The minimum Gasteiger partial charge on any atom is -0.373 e. The van der Waals surface area contributed by atoms with Gasteiger partial charge in [-0.25, -0.2) is 17.8 Å². The highest BCUT2D eigenvalue weighted by molar-refractivity contribution is 7.89. The summed E-state index contributed by atoms with van der Waals surface area (Å²) in [5.74, 6) is -1.66. The number of aryl methyl sites for hydroxylation is 2. The number of amides is 1. The van der Waals surface area contributed by atoms with Gasteiger partial charge in [-0.05, 0) is 56.0 Å². The van der Waals surface area contributed by atoms with E-state index >= 15 is 0 Å². The van der Waals surface area contributed by atoms with Gasteiger partial charge in [0.2, 0.25) is 10.0 Å². The van der Waals surface area contributed by atoms with E-state index in [9.17, 15) is 31.6 Å². The summed E-state index contributed by atoms with van der Waals surface area (Å²) in [7, 11) is -3.78. The SMILES string of the molecule is Cc1ccc(C)c(COC2CCN(S(=O)(=O)CCN(O)C(=O)c3cccc(C(F)(F)F)c3)CC2)c1. The van der Waals surface area contributed by atoms with E-state index in [1.807, 2.05) is 26.0 Å². The average molecular weight is 515 g/mol. The molecule has 3 rings (SSSR count). The fourth-order valence-electron chi connectivity index (χ4n) is 3.85. The Morgan fingerprint density at radius 2 is 1.83 bits per heavy atom. The molecule has 1 heterocycles. The Labute approximate surface area is 203 Å². The van der Waals surface area contributed by atoms with Crippen LogP contribution in [0.15, 0.2) is 42.5 Å². The Balaban J connectivity index is 1.49. The topological polar surface area (TPSA) is 87.2 Å². The van der Waals surface area contributed by atoms with Gasteiger partial charge < -0.3 is 4.74 Å². The first kappa shape index (κ1) is 27.1. The second-order valence-electron chi connectivity index (χ2n) is 8.66. The van der Waals surface area contributed by atoms with Gasteiger partial charge >= 0.3 is 6.18 Å². The second-order valence-corrected chi connectivity index (χ2v) is 10.8. The first-order valence-corrected chi connectivity index (χ1v) is 12.8. The fraction of sp³-hybridized carbons (Fsp3) is 0.458. The molecule has 2 aromatic rings. The zero-order chi connectivity index (χ0) is 25.8. The highest BCUT2D eigenvalue weighted by Crippen LogP contribution is 2.29. The molecule has 11 heteroatoms. The van der Waals surface area contributed by atoms with Crippen LogP contribution in [0.2, 0.25) is 0 Å². The largest absolute Gasteiger partial charge is 0.416 e. The van der Waals surface area contributed by atoms with Crippen molar-refractivity contribution in [3.8, 4) is 0 Å². The first-order chi connectivity index (χ1) is 16.4. The molecule has 0 spiro atoms. The molecule has 0 bridgehead atoms. The summed E-state index contributed by atoms with van der Waals surface area (Å²) >= 11 is 0. The van der Waals surface area contributed by atoms with Gasteiger partial charge in [-0.3, -0.25) is 10.0 Å². The first-order valence-electron chi connectivity index (χ1n) is 11.2. The normalized spacial score (nSPS) is 15.8. The van der Waals surface area contributed by atoms with Gasteiger partial charge in [0, 0.05) is 18.7 Å². The Hall–Kier alpha value is -2.47. The summed E-state index contributed by atoms with van der Waals surface area (Å²) in [6, 6.07) is 9.72. The van der Waals surface area contributed by atoms with Crippen LogP contribution in [0.3, 0.4) is 0 Å². The molecular weight excluding hydrogens is 485 g/mol. The summed E-state index contributed by atoms with van der Waals surface area (Å²) in [5, 5.41) is 10.1. The van der Waals surface area contributed by atoms with Crippen molar-refractivity contribution in [3.63, 3.8) is 0 Å². The van der Waals surface area contributed by atoms with Crippen molar-refractivity contribution in [1.82, 2.24) is 9.37 Å². The number of hydrogen-bond donors (Lipinski definition) is 1. The summed E-state index contributed by atoms with van der Waals surface area (Å²) in [5.41, 5.74) is 1.94. The quantitative estimate of drug-likeness (QED) is 0.422. The highest BCUT2D eigenvalue weighted by Gasteiger charge is 2.32. The Kier molecular flexibility index (Phi) is 8.58. The van der Waals surface area contributed by atoms with Crippen LogP contribution in [0.5, 0.6) is 0 Å². The van der Waals surface area contributed by atoms with Gasteiger partial charge in [-0.15, -0.1) is 0 Å². The van der Waals surface area contributed by atoms with Gasteiger partial charge in [0.15, 0.2) is 0 Å². The van der Waals surface area contributed by atoms with Crippen molar-refractivity contribution < 1.29 is 36.3 Å². The molecule has 0 aliphatic carbocycles.